The molecule has 0 N–H and O–H groups in total. The highest BCUT2D eigenvalue weighted by Crippen LogP contribution is 2.29. The molecule has 0 atom stereocenters. The van der Waals surface area contributed by atoms with Crippen molar-refractivity contribution in [2.24, 2.45) is 0 Å². The van der Waals surface area contributed by atoms with E-state index in [9.17, 15) is 0 Å². The number of hydrogen-bond donors (Lipinski definition) is 0. The summed E-state index contributed by atoms with van der Waals surface area (Å²) in [6, 6.07) is 15.6. The van der Waals surface area contributed by atoms with Gasteiger partial charge in [-0.25, -0.2) is 0 Å². The Morgan fingerprint density at radius 3 is 1.41 bits per heavy atom. The molecule has 0 aromatic heterocycles. The highest BCUT2D eigenvalue weighted by Gasteiger charge is 2.06. The molecule has 0 fully saturated rings. The van der Waals surface area contributed by atoms with Crippen molar-refractivity contribution in [2.45, 2.75) is 4.90 Å². The fourth-order valence-corrected chi connectivity index (χ4v) is 3.73. The molecule has 1 heterocycles. The maximum absolute atomic E-state index is 5.88. The van der Waals surface area contributed by atoms with Gasteiger partial charge in [-0.3, -0.25) is 0 Å². The second-order valence-corrected chi connectivity index (χ2v) is 7.87. The summed E-state index contributed by atoms with van der Waals surface area (Å²) in [5, 5.41) is 0. The Balaban J connectivity index is 1.44. The lowest BCUT2D eigenvalue weighted by molar-refractivity contribution is 0.0263. The van der Waals surface area contributed by atoms with Crippen LogP contribution in [-0.4, -0.2) is 78.4 Å². The van der Waals surface area contributed by atoms with Crippen molar-refractivity contribution in [3.05, 3.63) is 48.5 Å². The molecule has 0 saturated carbocycles. The van der Waals surface area contributed by atoms with Crippen molar-refractivity contribution in [2.75, 3.05) is 78.4 Å². The molecule has 0 amide bonds. The number of hydrogen-bond acceptors (Lipinski definition) is 8. The van der Waals surface area contributed by atoms with Crippen LogP contribution < -0.4 is 14.2 Å². The Hall–Kier alpha value is -1.97. The Bertz CT molecular complexity index is 633. The number of benzene rings is 2. The molecule has 0 aliphatic carbocycles. The van der Waals surface area contributed by atoms with Crippen LogP contribution in [0.5, 0.6) is 17.2 Å². The fourth-order valence-electron chi connectivity index (χ4n) is 2.86. The molecule has 0 saturated heterocycles. The van der Waals surface area contributed by atoms with E-state index in [1.807, 2.05) is 42.5 Å². The van der Waals surface area contributed by atoms with Gasteiger partial charge in [-0.05, 0) is 24.3 Å². The van der Waals surface area contributed by atoms with Gasteiger partial charge in [0.05, 0.1) is 52.9 Å². The number of rotatable bonds is 0. The molecular formula is C24H32O7S. The van der Waals surface area contributed by atoms with Gasteiger partial charge in [-0.1, -0.05) is 24.3 Å². The summed E-state index contributed by atoms with van der Waals surface area (Å²) in [5.74, 6) is 3.10. The van der Waals surface area contributed by atoms with Crippen LogP contribution in [0, 0.1) is 0 Å². The quantitative estimate of drug-likeness (QED) is 0.585. The molecule has 1 aliphatic rings. The van der Waals surface area contributed by atoms with Crippen LogP contribution >= 0.6 is 11.8 Å². The number of fused-ring (bicyclic) bond motifs is 2. The van der Waals surface area contributed by atoms with Crippen molar-refractivity contribution in [1.82, 2.24) is 0 Å². The van der Waals surface area contributed by atoms with Gasteiger partial charge in [0.15, 0.2) is 11.5 Å². The first-order chi connectivity index (χ1) is 15.9. The van der Waals surface area contributed by atoms with Crippen LogP contribution in [0.2, 0.25) is 0 Å². The summed E-state index contributed by atoms with van der Waals surface area (Å²) < 4.78 is 39.9. The highest BCUT2D eigenvalue weighted by atomic mass is 32.2. The van der Waals surface area contributed by atoms with E-state index >= 15 is 0 Å². The van der Waals surface area contributed by atoms with Crippen LogP contribution in [0.1, 0.15) is 0 Å². The first-order valence-corrected chi connectivity index (χ1v) is 11.9. The van der Waals surface area contributed by atoms with Gasteiger partial charge >= 0.3 is 0 Å². The Morgan fingerprint density at radius 1 is 0.438 bits per heavy atom. The van der Waals surface area contributed by atoms with Gasteiger partial charge in [0.2, 0.25) is 0 Å². The largest absolute Gasteiger partial charge is 0.490 e. The Kier molecular flexibility index (Phi) is 12.2. The van der Waals surface area contributed by atoms with Gasteiger partial charge in [0.25, 0.3) is 0 Å². The molecule has 2 aromatic carbocycles. The molecule has 1 aliphatic heterocycles. The average Bonchev–Trinajstić information content (AvgIpc) is 2.82. The molecule has 176 valence electrons. The van der Waals surface area contributed by atoms with Crippen LogP contribution in [-0.2, 0) is 18.9 Å². The molecular weight excluding hydrogens is 432 g/mol. The van der Waals surface area contributed by atoms with Gasteiger partial charge in [0, 0.05) is 10.6 Å². The lowest BCUT2D eigenvalue weighted by atomic mass is 10.3. The van der Waals surface area contributed by atoms with Crippen molar-refractivity contribution < 1.29 is 33.2 Å². The lowest BCUT2D eigenvalue weighted by Gasteiger charge is -2.14. The van der Waals surface area contributed by atoms with Gasteiger partial charge in [-0.15, -0.1) is 11.8 Å². The molecule has 0 radical (unpaired) electrons. The summed E-state index contributed by atoms with van der Waals surface area (Å²) >= 11 is 1.72. The van der Waals surface area contributed by atoms with E-state index in [0.717, 1.165) is 16.4 Å². The fraction of sp³-hybridized carbons (Fsp3) is 0.500. The third kappa shape index (κ3) is 9.67. The van der Waals surface area contributed by atoms with Crippen LogP contribution in [0.4, 0.5) is 0 Å². The first kappa shape index (κ1) is 24.7. The summed E-state index contributed by atoms with van der Waals surface area (Å²) in [7, 11) is 0. The molecule has 0 spiro atoms. The van der Waals surface area contributed by atoms with Crippen molar-refractivity contribution in [3.63, 3.8) is 0 Å². The zero-order valence-electron chi connectivity index (χ0n) is 18.4. The van der Waals surface area contributed by atoms with E-state index in [2.05, 4.69) is 6.07 Å². The maximum Gasteiger partial charge on any atom is 0.161 e. The van der Waals surface area contributed by atoms with Crippen molar-refractivity contribution in [1.29, 1.82) is 0 Å². The normalized spacial score (nSPS) is 18.5. The predicted molar refractivity (Wildman–Crippen MR) is 123 cm³/mol. The van der Waals surface area contributed by atoms with Gasteiger partial charge in [-0.2, -0.15) is 0 Å². The van der Waals surface area contributed by atoms with Gasteiger partial charge < -0.3 is 33.2 Å². The molecule has 8 heteroatoms. The van der Waals surface area contributed by atoms with Gasteiger partial charge in [0.1, 0.15) is 25.6 Å². The second-order valence-electron chi connectivity index (χ2n) is 6.74. The molecule has 32 heavy (non-hydrogen) atoms. The zero-order valence-corrected chi connectivity index (χ0v) is 19.2. The summed E-state index contributed by atoms with van der Waals surface area (Å²) in [4.78, 5) is 1.10. The lowest BCUT2D eigenvalue weighted by Crippen LogP contribution is -2.14. The number of para-hydroxylation sites is 3. The van der Waals surface area contributed by atoms with Crippen molar-refractivity contribution >= 4 is 11.8 Å². The van der Waals surface area contributed by atoms with Crippen LogP contribution in [0.15, 0.2) is 53.4 Å². The van der Waals surface area contributed by atoms with E-state index < -0.39 is 0 Å². The third-order valence-corrected chi connectivity index (χ3v) is 5.40. The van der Waals surface area contributed by atoms with E-state index in [1.54, 1.807) is 11.8 Å². The molecule has 0 bridgehead atoms. The SMILES string of the molecule is c1ccc2c(c1)OCCOCCOCCOc1ccccc1SCCOCCOCCO2. The van der Waals surface area contributed by atoms with Crippen LogP contribution in [0.25, 0.3) is 0 Å². The minimum absolute atomic E-state index is 0.436. The molecule has 2 aromatic rings. The van der Waals surface area contributed by atoms with E-state index in [0.29, 0.717) is 84.2 Å². The first-order valence-electron chi connectivity index (χ1n) is 10.9. The summed E-state index contributed by atoms with van der Waals surface area (Å²) in [6.07, 6.45) is 0. The smallest absolute Gasteiger partial charge is 0.161 e. The zero-order chi connectivity index (χ0) is 22.1. The number of ether oxygens (including phenoxy) is 7. The Labute approximate surface area is 194 Å². The monoisotopic (exact) mass is 464 g/mol. The summed E-state index contributed by atoms with van der Waals surface area (Å²) in [5.41, 5.74) is 0. The third-order valence-electron chi connectivity index (χ3n) is 4.38. The minimum atomic E-state index is 0.436. The van der Waals surface area contributed by atoms with Crippen molar-refractivity contribution in [3.8, 4) is 17.2 Å². The molecule has 3 rings (SSSR count). The minimum Gasteiger partial charge on any atom is -0.490 e. The standard InChI is InChI=1S/C24H32O7S/c1-2-6-22-21(5-1)29-16-13-25-9-10-26-15-18-31-23-7-3-4-8-24(23)32-20-19-28-12-11-27-14-17-30-22/h1-8H,9-20H2. The van der Waals surface area contributed by atoms with E-state index in [4.69, 9.17) is 33.2 Å². The summed E-state index contributed by atoms with van der Waals surface area (Å²) in [6.45, 7) is 5.58. The maximum atomic E-state index is 5.88. The topological polar surface area (TPSA) is 64.6 Å². The van der Waals surface area contributed by atoms with E-state index in [-0.39, 0.29) is 0 Å². The predicted octanol–water partition coefficient (Wildman–Crippen LogP) is 3.70. The molecule has 7 nitrogen and oxygen atoms in total. The van der Waals surface area contributed by atoms with Crippen LogP contribution in [0.3, 0.4) is 0 Å². The second kappa shape index (κ2) is 15.8. The Morgan fingerprint density at radius 2 is 0.844 bits per heavy atom. The number of thioether (sulfide) groups is 1. The highest BCUT2D eigenvalue weighted by molar-refractivity contribution is 7.99. The van der Waals surface area contributed by atoms with E-state index in [1.165, 1.54) is 0 Å². The molecule has 0 unspecified atom stereocenters. The average molecular weight is 465 g/mol.